The second-order valence-corrected chi connectivity index (χ2v) is 5.73. The summed E-state index contributed by atoms with van der Waals surface area (Å²) in [6.45, 7) is 1.52. The molecule has 2 unspecified atom stereocenters. The standard InChI is InChI=1S/C15H17N3O3S/c19-15(11-2-1-4-16-6-11)18-13-3-5-20-8-14(13)21-7-12-9-22-10-17-12/h1-2,4,6,9-10,13-14H,3,5,7-8H2,(H,18,19). The van der Waals surface area contributed by atoms with Gasteiger partial charge < -0.3 is 14.8 Å². The Balaban J connectivity index is 1.58. The molecule has 1 aliphatic rings. The minimum absolute atomic E-state index is 0.0694. The normalized spacial score (nSPS) is 21.5. The molecule has 1 N–H and O–H groups in total. The quantitative estimate of drug-likeness (QED) is 0.907. The third kappa shape index (κ3) is 3.88. The number of hydrogen-bond acceptors (Lipinski definition) is 6. The van der Waals surface area contributed by atoms with E-state index in [-0.39, 0.29) is 18.1 Å². The van der Waals surface area contributed by atoms with Gasteiger partial charge in [0.1, 0.15) is 6.10 Å². The van der Waals surface area contributed by atoms with Crippen molar-refractivity contribution in [2.24, 2.45) is 0 Å². The summed E-state index contributed by atoms with van der Waals surface area (Å²) in [7, 11) is 0. The molecule has 0 aromatic carbocycles. The van der Waals surface area contributed by atoms with Crippen LogP contribution >= 0.6 is 11.3 Å². The topological polar surface area (TPSA) is 73.3 Å². The maximum atomic E-state index is 12.2. The summed E-state index contributed by atoms with van der Waals surface area (Å²) in [6, 6.07) is 3.42. The van der Waals surface area contributed by atoms with E-state index in [0.29, 0.717) is 25.4 Å². The average Bonchev–Trinajstić information content (AvgIpc) is 3.08. The van der Waals surface area contributed by atoms with E-state index >= 15 is 0 Å². The summed E-state index contributed by atoms with van der Waals surface area (Å²) >= 11 is 1.54. The fourth-order valence-electron chi connectivity index (χ4n) is 2.29. The third-order valence-corrected chi connectivity index (χ3v) is 4.11. The lowest BCUT2D eigenvalue weighted by molar-refractivity contribution is -0.0742. The molecule has 0 bridgehead atoms. The average molecular weight is 319 g/mol. The van der Waals surface area contributed by atoms with Gasteiger partial charge in [-0.2, -0.15) is 0 Å². The van der Waals surface area contributed by atoms with E-state index in [0.717, 1.165) is 12.1 Å². The molecule has 3 rings (SSSR count). The Labute approximate surface area is 132 Å². The second-order valence-electron chi connectivity index (χ2n) is 5.01. The van der Waals surface area contributed by atoms with Gasteiger partial charge in [-0.1, -0.05) is 0 Å². The Morgan fingerprint density at radius 2 is 2.50 bits per heavy atom. The number of hydrogen-bond donors (Lipinski definition) is 1. The van der Waals surface area contributed by atoms with Crippen LogP contribution in [0, 0.1) is 0 Å². The zero-order valence-electron chi connectivity index (χ0n) is 12.0. The molecule has 1 aliphatic heterocycles. The molecule has 7 heteroatoms. The molecule has 3 heterocycles. The van der Waals surface area contributed by atoms with Crippen molar-refractivity contribution in [2.75, 3.05) is 13.2 Å². The monoisotopic (exact) mass is 319 g/mol. The fourth-order valence-corrected chi connectivity index (χ4v) is 2.83. The predicted molar refractivity (Wildman–Crippen MR) is 81.6 cm³/mol. The molecule has 0 radical (unpaired) electrons. The molecule has 22 heavy (non-hydrogen) atoms. The minimum Gasteiger partial charge on any atom is -0.379 e. The maximum absolute atomic E-state index is 12.2. The number of pyridine rings is 1. The Hall–Kier alpha value is -1.83. The van der Waals surface area contributed by atoms with Crippen LogP contribution in [0.5, 0.6) is 0 Å². The number of nitrogens with one attached hydrogen (secondary N) is 1. The Bertz CT molecular complexity index is 591. The first-order valence-corrected chi connectivity index (χ1v) is 8.04. The third-order valence-electron chi connectivity index (χ3n) is 3.47. The van der Waals surface area contributed by atoms with Gasteiger partial charge in [0.2, 0.25) is 0 Å². The highest BCUT2D eigenvalue weighted by Crippen LogP contribution is 2.15. The summed E-state index contributed by atoms with van der Waals surface area (Å²) < 4.78 is 11.3. The molecule has 0 spiro atoms. The Morgan fingerprint density at radius 3 is 3.27 bits per heavy atom. The number of carbonyl (C=O) groups excluding carboxylic acids is 1. The minimum atomic E-state index is -0.170. The lowest BCUT2D eigenvalue weighted by atomic mass is 10.1. The first-order chi connectivity index (χ1) is 10.8. The molecular weight excluding hydrogens is 302 g/mol. The molecule has 2 aromatic rings. The van der Waals surface area contributed by atoms with E-state index in [2.05, 4.69) is 15.3 Å². The zero-order valence-corrected chi connectivity index (χ0v) is 12.8. The molecule has 6 nitrogen and oxygen atoms in total. The predicted octanol–water partition coefficient (Wildman–Crippen LogP) is 1.64. The van der Waals surface area contributed by atoms with Crippen molar-refractivity contribution in [1.29, 1.82) is 0 Å². The number of nitrogens with zero attached hydrogens (tertiary/aromatic N) is 2. The van der Waals surface area contributed by atoms with Crippen LogP contribution in [-0.4, -0.2) is 41.2 Å². The first-order valence-electron chi connectivity index (χ1n) is 7.10. The fraction of sp³-hybridized carbons (Fsp3) is 0.400. The van der Waals surface area contributed by atoms with Gasteiger partial charge in [0, 0.05) is 24.4 Å². The largest absolute Gasteiger partial charge is 0.379 e. The summed E-state index contributed by atoms with van der Waals surface area (Å²) in [5.41, 5.74) is 3.22. The van der Waals surface area contributed by atoms with Crippen LogP contribution in [-0.2, 0) is 16.1 Å². The molecule has 0 saturated carbocycles. The summed E-state index contributed by atoms with van der Waals surface area (Å²) in [5.74, 6) is -0.137. The number of ether oxygens (including phenoxy) is 2. The highest BCUT2D eigenvalue weighted by molar-refractivity contribution is 7.07. The van der Waals surface area contributed by atoms with Gasteiger partial charge in [-0.05, 0) is 18.6 Å². The number of thiazole rings is 1. The molecule has 1 saturated heterocycles. The maximum Gasteiger partial charge on any atom is 0.253 e. The summed E-state index contributed by atoms with van der Waals surface area (Å²) in [5, 5.41) is 4.96. The molecule has 2 aromatic heterocycles. The zero-order chi connectivity index (χ0) is 15.2. The van der Waals surface area contributed by atoms with Gasteiger partial charge in [0.05, 0.1) is 36.0 Å². The Morgan fingerprint density at radius 1 is 1.55 bits per heavy atom. The number of carbonyl (C=O) groups is 1. The van der Waals surface area contributed by atoms with Crippen molar-refractivity contribution in [3.63, 3.8) is 0 Å². The van der Waals surface area contributed by atoms with Gasteiger partial charge in [-0.15, -0.1) is 11.3 Å². The molecule has 116 valence electrons. The van der Waals surface area contributed by atoms with Crippen molar-refractivity contribution < 1.29 is 14.3 Å². The van der Waals surface area contributed by atoms with Gasteiger partial charge in [-0.25, -0.2) is 4.98 Å². The molecule has 0 aliphatic carbocycles. The highest BCUT2D eigenvalue weighted by Gasteiger charge is 2.28. The van der Waals surface area contributed by atoms with Crippen LogP contribution in [0.25, 0.3) is 0 Å². The summed E-state index contributed by atoms with van der Waals surface area (Å²) in [4.78, 5) is 20.4. The van der Waals surface area contributed by atoms with Crippen molar-refractivity contribution in [3.8, 4) is 0 Å². The van der Waals surface area contributed by atoms with Gasteiger partial charge in [-0.3, -0.25) is 9.78 Å². The summed E-state index contributed by atoms with van der Waals surface area (Å²) in [6.07, 6.45) is 3.76. The van der Waals surface area contributed by atoms with E-state index in [4.69, 9.17) is 9.47 Å². The SMILES string of the molecule is O=C(NC1CCOCC1OCc1cscn1)c1cccnc1. The van der Waals surface area contributed by atoms with Gasteiger partial charge >= 0.3 is 0 Å². The second kappa shape index (κ2) is 7.44. The van der Waals surface area contributed by atoms with E-state index in [1.807, 2.05) is 5.38 Å². The molecule has 2 atom stereocenters. The van der Waals surface area contributed by atoms with Crippen molar-refractivity contribution >= 4 is 17.2 Å². The van der Waals surface area contributed by atoms with Crippen LogP contribution in [0.3, 0.4) is 0 Å². The van der Waals surface area contributed by atoms with Crippen molar-refractivity contribution in [3.05, 3.63) is 46.7 Å². The molecular formula is C15H17N3O3S. The van der Waals surface area contributed by atoms with Crippen LogP contribution in [0.1, 0.15) is 22.5 Å². The van der Waals surface area contributed by atoms with Crippen molar-refractivity contribution in [2.45, 2.75) is 25.2 Å². The van der Waals surface area contributed by atoms with E-state index in [1.165, 1.54) is 11.3 Å². The van der Waals surface area contributed by atoms with Gasteiger partial charge in [0.25, 0.3) is 5.91 Å². The molecule has 1 fully saturated rings. The van der Waals surface area contributed by atoms with Gasteiger partial charge in [0.15, 0.2) is 0 Å². The van der Waals surface area contributed by atoms with Crippen LogP contribution in [0.4, 0.5) is 0 Å². The van der Waals surface area contributed by atoms with Crippen LogP contribution in [0.2, 0.25) is 0 Å². The smallest absolute Gasteiger partial charge is 0.253 e. The Kier molecular flexibility index (Phi) is 5.10. The lowest BCUT2D eigenvalue weighted by Gasteiger charge is -2.31. The highest BCUT2D eigenvalue weighted by atomic mass is 32.1. The lowest BCUT2D eigenvalue weighted by Crippen LogP contribution is -2.50. The molecule has 1 amide bonds. The van der Waals surface area contributed by atoms with E-state index in [1.54, 1.807) is 30.0 Å². The van der Waals surface area contributed by atoms with E-state index < -0.39 is 0 Å². The first kappa shape index (κ1) is 15.1. The van der Waals surface area contributed by atoms with E-state index in [9.17, 15) is 4.79 Å². The van der Waals surface area contributed by atoms with Crippen LogP contribution in [0.15, 0.2) is 35.4 Å². The number of aromatic nitrogens is 2. The van der Waals surface area contributed by atoms with Crippen molar-refractivity contribution in [1.82, 2.24) is 15.3 Å². The number of amides is 1. The van der Waals surface area contributed by atoms with Crippen LogP contribution < -0.4 is 5.32 Å². The number of rotatable bonds is 5.